The number of aliphatic hydroxyl groups is 1. The van der Waals surface area contributed by atoms with E-state index in [1.165, 1.54) is 17.0 Å². The SMILES string of the molecule is OCCCN(c1cc(F)cc(F)c1)c1n[nH]c(Br)n1. The standard InChI is InChI=1S/C11H11BrF2N4O/c12-10-15-11(17-16-10)18(2-1-3-19)9-5-7(13)4-8(14)6-9/h4-6,19H,1-3H2,(H,15,16,17). The minimum atomic E-state index is -0.682. The van der Waals surface area contributed by atoms with Crippen LogP contribution in [0.3, 0.4) is 0 Å². The Morgan fingerprint density at radius 3 is 2.47 bits per heavy atom. The number of benzene rings is 1. The van der Waals surface area contributed by atoms with Crippen molar-refractivity contribution in [3.05, 3.63) is 34.6 Å². The number of aromatic nitrogens is 3. The number of aromatic amines is 1. The Balaban J connectivity index is 2.36. The second-order valence-corrected chi connectivity index (χ2v) is 4.53. The number of rotatable bonds is 5. The zero-order chi connectivity index (χ0) is 13.8. The maximum Gasteiger partial charge on any atom is 0.249 e. The number of hydrogen-bond donors (Lipinski definition) is 2. The van der Waals surface area contributed by atoms with Crippen molar-refractivity contribution in [2.45, 2.75) is 6.42 Å². The molecule has 8 heteroatoms. The third-order valence-electron chi connectivity index (χ3n) is 2.39. The molecule has 0 fully saturated rings. The van der Waals surface area contributed by atoms with E-state index in [2.05, 4.69) is 31.1 Å². The van der Waals surface area contributed by atoms with Crippen molar-refractivity contribution in [2.75, 3.05) is 18.1 Å². The Labute approximate surface area is 116 Å². The van der Waals surface area contributed by atoms with Gasteiger partial charge in [0.25, 0.3) is 0 Å². The van der Waals surface area contributed by atoms with E-state index in [1.54, 1.807) is 0 Å². The zero-order valence-electron chi connectivity index (χ0n) is 9.78. The number of H-pyrrole nitrogens is 1. The molecule has 1 aromatic heterocycles. The van der Waals surface area contributed by atoms with Crippen LogP contribution in [0.1, 0.15) is 6.42 Å². The zero-order valence-corrected chi connectivity index (χ0v) is 11.4. The third kappa shape index (κ3) is 3.48. The largest absolute Gasteiger partial charge is 0.396 e. The fourth-order valence-corrected chi connectivity index (χ4v) is 1.87. The van der Waals surface area contributed by atoms with E-state index < -0.39 is 11.6 Å². The van der Waals surface area contributed by atoms with Gasteiger partial charge >= 0.3 is 0 Å². The van der Waals surface area contributed by atoms with Gasteiger partial charge < -0.3 is 10.0 Å². The predicted molar refractivity (Wildman–Crippen MR) is 69.1 cm³/mol. The number of hydrogen-bond acceptors (Lipinski definition) is 4. The van der Waals surface area contributed by atoms with Gasteiger partial charge in [0.05, 0.1) is 0 Å². The molecular weight excluding hydrogens is 322 g/mol. The molecule has 0 bridgehead atoms. The first-order valence-corrected chi connectivity index (χ1v) is 6.32. The van der Waals surface area contributed by atoms with E-state index in [0.29, 0.717) is 17.7 Å². The highest BCUT2D eigenvalue weighted by Crippen LogP contribution is 2.25. The highest BCUT2D eigenvalue weighted by atomic mass is 79.9. The Bertz CT molecular complexity index is 543. The summed E-state index contributed by atoms with van der Waals surface area (Å²) < 4.78 is 26.9. The number of halogens is 3. The van der Waals surface area contributed by atoms with E-state index in [0.717, 1.165) is 6.07 Å². The second-order valence-electron chi connectivity index (χ2n) is 3.78. The highest BCUT2D eigenvalue weighted by Gasteiger charge is 2.15. The van der Waals surface area contributed by atoms with Crippen LogP contribution in [0.25, 0.3) is 0 Å². The van der Waals surface area contributed by atoms with Gasteiger partial charge in [-0.25, -0.2) is 8.78 Å². The molecular formula is C11H11BrF2N4O. The molecule has 1 heterocycles. The van der Waals surface area contributed by atoms with Crippen molar-refractivity contribution in [2.24, 2.45) is 0 Å². The minimum absolute atomic E-state index is 0.0418. The quantitative estimate of drug-likeness (QED) is 0.882. The molecule has 2 N–H and O–H groups in total. The van der Waals surface area contributed by atoms with E-state index in [1.807, 2.05) is 0 Å². The van der Waals surface area contributed by atoms with E-state index in [4.69, 9.17) is 5.11 Å². The van der Waals surface area contributed by atoms with Crippen LogP contribution in [0.5, 0.6) is 0 Å². The van der Waals surface area contributed by atoms with Crippen molar-refractivity contribution in [3.8, 4) is 0 Å². The fourth-order valence-electron chi connectivity index (χ4n) is 1.62. The van der Waals surface area contributed by atoms with Crippen LogP contribution >= 0.6 is 15.9 Å². The monoisotopic (exact) mass is 332 g/mol. The molecule has 0 atom stereocenters. The van der Waals surface area contributed by atoms with Gasteiger partial charge in [-0.05, 0) is 34.5 Å². The first-order valence-electron chi connectivity index (χ1n) is 5.52. The average Bonchev–Trinajstić information content (AvgIpc) is 2.75. The fraction of sp³-hybridized carbons (Fsp3) is 0.273. The molecule has 0 amide bonds. The van der Waals surface area contributed by atoms with Crippen LogP contribution in [0.2, 0.25) is 0 Å². The molecule has 0 spiro atoms. The molecule has 102 valence electrons. The topological polar surface area (TPSA) is 65.0 Å². The summed E-state index contributed by atoms with van der Waals surface area (Å²) in [4.78, 5) is 5.57. The van der Waals surface area contributed by atoms with Crippen LogP contribution in [0.15, 0.2) is 22.9 Å². The molecule has 0 saturated carbocycles. The Morgan fingerprint density at radius 1 is 1.26 bits per heavy atom. The number of nitrogens with one attached hydrogen (secondary N) is 1. The summed E-state index contributed by atoms with van der Waals surface area (Å²) in [5, 5.41) is 15.4. The second kappa shape index (κ2) is 6.07. The van der Waals surface area contributed by atoms with Crippen molar-refractivity contribution in [3.63, 3.8) is 0 Å². The molecule has 0 unspecified atom stereocenters. The van der Waals surface area contributed by atoms with Gasteiger partial charge in [0.1, 0.15) is 11.6 Å². The molecule has 2 aromatic rings. The van der Waals surface area contributed by atoms with Crippen LogP contribution in [0.4, 0.5) is 20.4 Å². The van der Waals surface area contributed by atoms with Gasteiger partial charge in [-0.2, -0.15) is 4.98 Å². The maximum absolute atomic E-state index is 13.3. The lowest BCUT2D eigenvalue weighted by Crippen LogP contribution is -2.21. The maximum atomic E-state index is 13.3. The molecule has 0 aliphatic rings. The van der Waals surface area contributed by atoms with Crippen molar-refractivity contribution in [1.29, 1.82) is 0 Å². The highest BCUT2D eigenvalue weighted by molar-refractivity contribution is 9.10. The van der Waals surface area contributed by atoms with Crippen molar-refractivity contribution < 1.29 is 13.9 Å². The van der Waals surface area contributed by atoms with Gasteiger partial charge in [-0.1, -0.05) is 0 Å². The van der Waals surface area contributed by atoms with Crippen LogP contribution in [0, 0.1) is 11.6 Å². The summed E-state index contributed by atoms with van der Waals surface area (Å²) >= 11 is 3.12. The summed E-state index contributed by atoms with van der Waals surface area (Å²) in [6, 6.07) is 3.16. The first-order chi connectivity index (χ1) is 9.10. The molecule has 1 aromatic carbocycles. The van der Waals surface area contributed by atoms with Gasteiger partial charge in [-0.15, -0.1) is 5.10 Å². The molecule has 0 radical (unpaired) electrons. The van der Waals surface area contributed by atoms with Gasteiger partial charge in [0, 0.05) is 24.9 Å². The van der Waals surface area contributed by atoms with E-state index in [-0.39, 0.29) is 18.2 Å². The Hall–Kier alpha value is -1.54. The van der Waals surface area contributed by atoms with Gasteiger partial charge in [0.15, 0.2) is 4.73 Å². The third-order valence-corrected chi connectivity index (χ3v) is 2.74. The molecule has 2 rings (SSSR count). The Kier molecular flexibility index (Phi) is 4.43. The smallest absolute Gasteiger partial charge is 0.249 e. The predicted octanol–water partition coefficient (Wildman–Crippen LogP) is 2.37. The van der Waals surface area contributed by atoms with E-state index >= 15 is 0 Å². The molecule has 0 aliphatic carbocycles. The molecule has 0 aliphatic heterocycles. The molecule has 5 nitrogen and oxygen atoms in total. The summed E-state index contributed by atoms with van der Waals surface area (Å²) in [5.41, 5.74) is 0.289. The van der Waals surface area contributed by atoms with Crippen molar-refractivity contribution >= 4 is 27.6 Å². The summed E-state index contributed by atoms with van der Waals surface area (Å²) in [6.45, 7) is 0.295. The van der Waals surface area contributed by atoms with Crippen LogP contribution in [-0.4, -0.2) is 33.4 Å². The van der Waals surface area contributed by atoms with Gasteiger partial charge in [-0.3, -0.25) is 5.10 Å². The lowest BCUT2D eigenvalue weighted by molar-refractivity contribution is 0.290. The number of nitrogens with zero attached hydrogens (tertiary/aromatic N) is 3. The first kappa shape index (κ1) is 13.9. The lowest BCUT2D eigenvalue weighted by atomic mass is 10.2. The number of aliphatic hydroxyl groups excluding tert-OH is 1. The van der Waals surface area contributed by atoms with Gasteiger partial charge in [0.2, 0.25) is 5.95 Å². The minimum Gasteiger partial charge on any atom is -0.396 e. The summed E-state index contributed by atoms with van der Waals surface area (Å²) in [7, 11) is 0. The van der Waals surface area contributed by atoms with Crippen LogP contribution < -0.4 is 4.90 Å². The van der Waals surface area contributed by atoms with Crippen LogP contribution in [-0.2, 0) is 0 Å². The van der Waals surface area contributed by atoms with E-state index in [9.17, 15) is 8.78 Å². The molecule has 0 saturated heterocycles. The lowest BCUT2D eigenvalue weighted by Gasteiger charge is -2.20. The Morgan fingerprint density at radius 2 is 1.95 bits per heavy atom. The molecule has 19 heavy (non-hydrogen) atoms. The van der Waals surface area contributed by atoms with Crippen molar-refractivity contribution in [1.82, 2.24) is 15.2 Å². The summed E-state index contributed by atoms with van der Waals surface area (Å²) in [5.74, 6) is -1.09. The number of anilines is 2. The average molecular weight is 333 g/mol. The summed E-state index contributed by atoms with van der Waals surface area (Å²) in [6.07, 6.45) is 0.421. The normalized spacial score (nSPS) is 10.7.